The smallest absolute Gasteiger partial charge is 0.234 e. The number of aromatic nitrogens is 3. The number of hydrogen-bond acceptors (Lipinski definition) is 4. The second-order valence-electron chi connectivity index (χ2n) is 6.45. The highest BCUT2D eigenvalue weighted by Crippen LogP contribution is 2.26. The molecule has 6 heteroatoms. The van der Waals surface area contributed by atoms with Gasteiger partial charge in [-0.25, -0.2) is 9.97 Å². The van der Waals surface area contributed by atoms with E-state index in [-0.39, 0.29) is 12.3 Å². The number of benzene rings is 2. The summed E-state index contributed by atoms with van der Waals surface area (Å²) in [5.41, 5.74) is 4.35. The summed E-state index contributed by atoms with van der Waals surface area (Å²) < 4.78 is 7.27. The Bertz CT molecular complexity index is 1150. The minimum Gasteiger partial charge on any atom is -0.496 e. The van der Waals surface area contributed by atoms with Crippen LogP contribution in [0.5, 0.6) is 5.75 Å². The Labute approximate surface area is 162 Å². The summed E-state index contributed by atoms with van der Waals surface area (Å²) in [6, 6.07) is 17.1. The van der Waals surface area contributed by atoms with Crippen molar-refractivity contribution in [3.63, 3.8) is 0 Å². The molecule has 0 radical (unpaired) electrons. The predicted octanol–water partition coefficient (Wildman–Crippen LogP) is 3.89. The first-order valence-corrected chi connectivity index (χ1v) is 8.97. The molecule has 0 spiro atoms. The van der Waals surface area contributed by atoms with Crippen molar-refractivity contribution in [2.45, 2.75) is 13.3 Å². The van der Waals surface area contributed by atoms with E-state index in [0.717, 1.165) is 28.2 Å². The minimum absolute atomic E-state index is 0.102. The average molecular weight is 372 g/mol. The van der Waals surface area contributed by atoms with Crippen LogP contribution in [0.3, 0.4) is 0 Å². The Hall–Kier alpha value is -3.67. The fraction of sp³-hybridized carbons (Fsp3) is 0.136. The van der Waals surface area contributed by atoms with Crippen LogP contribution >= 0.6 is 0 Å². The topological polar surface area (TPSA) is 68.5 Å². The molecule has 0 bridgehead atoms. The summed E-state index contributed by atoms with van der Waals surface area (Å²) in [6.45, 7) is 2.00. The van der Waals surface area contributed by atoms with Gasteiger partial charge in [0.05, 0.1) is 19.2 Å². The largest absolute Gasteiger partial charge is 0.496 e. The Kier molecular flexibility index (Phi) is 4.76. The number of carbonyl (C=O) groups excluding carboxylic acids is 1. The zero-order valence-electron chi connectivity index (χ0n) is 15.7. The Morgan fingerprint density at radius 1 is 1.14 bits per heavy atom. The fourth-order valence-corrected chi connectivity index (χ4v) is 3.25. The minimum atomic E-state index is -0.102. The van der Waals surface area contributed by atoms with E-state index in [1.807, 2.05) is 72.1 Å². The second kappa shape index (κ2) is 7.52. The summed E-state index contributed by atoms with van der Waals surface area (Å²) in [5, 5.41) is 2.96. The van der Waals surface area contributed by atoms with Gasteiger partial charge >= 0.3 is 0 Å². The second-order valence-corrected chi connectivity index (χ2v) is 6.45. The van der Waals surface area contributed by atoms with Gasteiger partial charge in [-0.05, 0) is 31.2 Å². The van der Waals surface area contributed by atoms with Gasteiger partial charge in [0.25, 0.3) is 0 Å². The molecule has 0 aliphatic rings. The summed E-state index contributed by atoms with van der Waals surface area (Å²) in [4.78, 5) is 21.4. The molecular formula is C22H20N4O2. The van der Waals surface area contributed by atoms with Crippen LogP contribution in [0.25, 0.3) is 17.0 Å². The number of imidazole rings is 1. The molecule has 0 aliphatic carbocycles. The molecule has 0 unspecified atom stereocenters. The van der Waals surface area contributed by atoms with Crippen LogP contribution in [-0.4, -0.2) is 27.4 Å². The SMILES string of the molecule is COc1ccccc1CC(=O)Nc1cccc(-c2nc3ncccn3c2C)c1. The van der Waals surface area contributed by atoms with E-state index in [0.29, 0.717) is 11.5 Å². The molecule has 1 N–H and O–H groups in total. The molecule has 4 aromatic rings. The molecule has 2 aromatic heterocycles. The zero-order chi connectivity index (χ0) is 19.5. The Balaban J connectivity index is 1.57. The van der Waals surface area contributed by atoms with Gasteiger partial charge in [0.15, 0.2) is 0 Å². The van der Waals surface area contributed by atoms with Gasteiger partial charge in [0.1, 0.15) is 5.75 Å². The van der Waals surface area contributed by atoms with Gasteiger partial charge in [-0.3, -0.25) is 9.20 Å². The lowest BCUT2D eigenvalue weighted by Crippen LogP contribution is -2.14. The number of methoxy groups -OCH3 is 1. The third kappa shape index (κ3) is 3.44. The van der Waals surface area contributed by atoms with Crippen molar-refractivity contribution >= 4 is 17.4 Å². The summed E-state index contributed by atoms with van der Waals surface area (Å²) in [6.07, 6.45) is 3.90. The zero-order valence-corrected chi connectivity index (χ0v) is 15.7. The number of nitrogens with one attached hydrogen (secondary N) is 1. The van der Waals surface area contributed by atoms with E-state index < -0.39 is 0 Å². The maximum Gasteiger partial charge on any atom is 0.234 e. The maximum absolute atomic E-state index is 12.5. The van der Waals surface area contributed by atoms with Crippen molar-refractivity contribution < 1.29 is 9.53 Å². The van der Waals surface area contributed by atoms with Gasteiger partial charge in [-0.2, -0.15) is 0 Å². The molecule has 4 rings (SSSR count). The van der Waals surface area contributed by atoms with Crippen molar-refractivity contribution in [2.24, 2.45) is 0 Å². The summed E-state index contributed by atoms with van der Waals surface area (Å²) in [7, 11) is 1.60. The molecule has 0 fully saturated rings. The van der Waals surface area contributed by atoms with Gasteiger partial charge in [-0.15, -0.1) is 0 Å². The first-order chi connectivity index (χ1) is 13.7. The van der Waals surface area contributed by atoms with Crippen LogP contribution in [0, 0.1) is 6.92 Å². The van der Waals surface area contributed by atoms with Crippen LogP contribution < -0.4 is 10.1 Å². The first-order valence-electron chi connectivity index (χ1n) is 8.97. The van der Waals surface area contributed by atoms with Gasteiger partial charge in [-0.1, -0.05) is 30.3 Å². The van der Waals surface area contributed by atoms with Crippen molar-refractivity contribution in [3.8, 4) is 17.0 Å². The summed E-state index contributed by atoms with van der Waals surface area (Å²) in [5.74, 6) is 1.26. The molecule has 2 heterocycles. The number of aryl methyl sites for hydroxylation is 1. The quantitative estimate of drug-likeness (QED) is 0.577. The summed E-state index contributed by atoms with van der Waals surface area (Å²) >= 11 is 0. The third-order valence-electron chi connectivity index (χ3n) is 4.61. The number of para-hydroxylation sites is 1. The van der Waals surface area contributed by atoms with E-state index in [1.54, 1.807) is 13.3 Å². The highest BCUT2D eigenvalue weighted by molar-refractivity contribution is 5.93. The third-order valence-corrected chi connectivity index (χ3v) is 4.61. The number of ether oxygens (including phenoxy) is 1. The number of hydrogen-bond donors (Lipinski definition) is 1. The molecular weight excluding hydrogens is 352 g/mol. The van der Waals surface area contributed by atoms with E-state index in [9.17, 15) is 4.79 Å². The first kappa shape index (κ1) is 17.7. The van der Waals surface area contributed by atoms with Gasteiger partial charge in [0.2, 0.25) is 11.7 Å². The normalized spacial score (nSPS) is 10.8. The lowest BCUT2D eigenvalue weighted by molar-refractivity contribution is -0.115. The van der Waals surface area contributed by atoms with Crippen molar-refractivity contribution in [1.29, 1.82) is 0 Å². The van der Waals surface area contributed by atoms with Gasteiger partial charge < -0.3 is 10.1 Å². The van der Waals surface area contributed by atoms with Crippen molar-refractivity contribution in [2.75, 3.05) is 12.4 Å². The standard InChI is InChI=1S/C22H20N4O2/c1-15-21(25-22-23-11-6-12-26(15)22)17-8-5-9-18(13-17)24-20(27)14-16-7-3-4-10-19(16)28-2/h3-13H,14H2,1-2H3,(H,24,27). The van der Waals surface area contributed by atoms with E-state index >= 15 is 0 Å². The van der Waals surface area contributed by atoms with Crippen LogP contribution in [0.4, 0.5) is 5.69 Å². The predicted molar refractivity (Wildman–Crippen MR) is 108 cm³/mol. The number of rotatable bonds is 5. The Morgan fingerprint density at radius 3 is 2.82 bits per heavy atom. The van der Waals surface area contributed by atoms with Crippen LogP contribution in [0.15, 0.2) is 67.0 Å². The van der Waals surface area contributed by atoms with Crippen LogP contribution in [0.1, 0.15) is 11.3 Å². The Morgan fingerprint density at radius 2 is 2.00 bits per heavy atom. The monoisotopic (exact) mass is 372 g/mol. The average Bonchev–Trinajstić information content (AvgIpc) is 3.05. The lowest BCUT2D eigenvalue weighted by atomic mass is 10.1. The molecule has 2 aromatic carbocycles. The molecule has 140 valence electrons. The fourth-order valence-electron chi connectivity index (χ4n) is 3.25. The molecule has 28 heavy (non-hydrogen) atoms. The van der Waals surface area contributed by atoms with Crippen molar-refractivity contribution in [3.05, 3.63) is 78.2 Å². The van der Waals surface area contributed by atoms with E-state index in [2.05, 4.69) is 15.3 Å². The van der Waals surface area contributed by atoms with Crippen LogP contribution in [-0.2, 0) is 11.2 Å². The molecule has 0 saturated carbocycles. The van der Waals surface area contributed by atoms with Gasteiger partial charge in [0, 0.05) is 34.9 Å². The molecule has 0 aliphatic heterocycles. The maximum atomic E-state index is 12.5. The van der Waals surface area contributed by atoms with Crippen LogP contribution in [0.2, 0.25) is 0 Å². The molecule has 6 nitrogen and oxygen atoms in total. The number of carbonyl (C=O) groups is 1. The van der Waals surface area contributed by atoms with E-state index in [4.69, 9.17) is 4.74 Å². The highest BCUT2D eigenvalue weighted by atomic mass is 16.5. The number of anilines is 1. The lowest BCUT2D eigenvalue weighted by Gasteiger charge is -2.10. The van der Waals surface area contributed by atoms with Crippen molar-refractivity contribution in [1.82, 2.24) is 14.4 Å². The van der Waals surface area contributed by atoms with E-state index in [1.165, 1.54) is 0 Å². The molecule has 0 atom stereocenters. The number of nitrogens with zero attached hydrogens (tertiary/aromatic N) is 3. The molecule has 0 saturated heterocycles. The highest BCUT2D eigenvalue weighted by Gasteiger charge is 2.13. The molecule has 1 amide bonds. The number of amides is 1. The number of fused-ring (bicyclic) bond motifs is 1.